The molecular formula is C77H132O6. The highest BCUT2D eigenvalue weighted by Crippen LogP contribution is 2.18. The first kappa shape index (κ1) is 79.1. The van der Waals surface area contributed by atoms with Crippen molar-refractivity contribution in [1.29, 1.82) is 0 Å². The molecule has 0 aliphatic heterocycles. The van der Waals surface area contributed by atoms with Gasteiger partial charge in [-0.05, 0) is 103 Å². The van der Waals surface area contributed by atoms with Crippen molar-refractivity contribution in [3.05, 3.63) is 109 Å². The smallest absolute Gasteiger partial charge is 0.306 e. The third-order valence-corrected chi connectivity index (χ3v) is 15.3. The molecule has 0 aromatic heterocycles. The fraction of sp³-hybridized carbons (Fsp3) is 0.727. The number of carbonyl (C=O) groups is 3. The van der Waals surface area contributed by atoms with E-state index in [-0.39, 0.29) is 31.1 Å². The van der Waals surface area contributed by atoms with E-state index >= 15 is 0 Å². The molecule has 0 fully saturated rings. The Hall–Kier alpha value is -3.93. The maximum Gasteiger partial charge on any atom is 0.306 e. The molecule has 6 heteroatoms. The first-order valence-corrected chi connectivity index (χ1v) is 35.4. The third kappa shape index (κ3) is 68.7. The minimum atomic E-state index is -0.774. The Morgan fingerprint density at radius 1 is 0.253 bits per heavy atom. The second kappa shape index (κ2) is 70.6. The molecule has 83 heavy (non-hydrogen) atoms. The van der Waals surface area contributed by atoms with Crippen LogP contribution in [0.3, 0.4) is 0 Å². The van der Waals surface area contributed by atoms with E-state index in [0.29, 0.717) is 19.3 Å². The molecule has 6 nitrogen and oxygen atoms in total. The SMILES string of the molecule is CC/C=C\C/C=C\C/C=C\C/C=C\C/C=C\CCCCCCCCCCCCCCCCCC(=O)OCC(COC(=O)CCCCCCC)OC(=O)CCCCCCCCCCCCCCCCCC/C=C\C/C=C\C/C=C\C/C=C\CC. The minimum absolute atomic E-state index is 0.0744. The van der Waals surface area contributed by atoms with Gasteiger partial charge in [-0.15, -0.1) is 0 Å². The molecule has 0 aromatic rings. The van der Waals surface area contributed by atoms with Gasteiger partial charge in [-0.3, -0.25) is 14.4 Å². The summed E-state index contributed by atoms with van der Waals surface area (Å²) in [6, 6.07) is 0. The highest BCUT2D eigenvalue weighted by molar-refractivity contribution is 5.71. The van der Waals surface area contributed by atoms with Crippen LogP contribution in [0.15, 0.2) is 109 Å². The van der Waals surface area contributed by atoms with Crippen molar-refractivity contribution in [1.82, 2.24) is 0 Å². The third-order valence-electron chi connectivity index (χ3n) is 15.3. The minimum Gasteiger partial charge on any atom is -0.462 e. The predicted octanol–water partition coefficient (Wildman–Crippen LogP) is 24.6. The molecule has 0 saturated carbocycles. The molecule has 1 atom stereocenters. The van der Waals surface area contributed by atoms with Crippen molar-refractivity contribution in [2.75, 3.05) is 13.2 Å². The van der Waals surface area contributed by atoms with Crippen molar-refractivity contribution in [2.45, 2.75) is 348 Å². The second-order valence-corrected chi connectivity index (χ2v) is 23.4. The Labute approximate surface area is 514 Å². The maximum absolute atomic E-state index is 12.9. The Bertz CT molecular complexity index is 1660. The molecule has 0 aliphatic rings. The first-order valence-electron chi connectivity index (χ1n) is 35.4. The lowest BCUT2D eigenvalue weighted by Crippen LogP contribution is -2.30. The van der Waals surface area contributed by atoms with E-state index in [2.05, 4.69) is 130 Å². The zero-order chi connectivity index (χ0) is 59.9. The van der Waals surface area contributed by atoms with E-state index in [4.69, 9.17) is 14.2 Å². The topological polar surface area (TPSA) is 78.9 Å². The lowest BCUT2D eigenvalue weighted by atomic mass is 10.0. The fourth-order valence-electron chi connectivity index (χ4n) is 10.1. The molecule has 0 saturated heterocycles. The molecule has 476 valence electrons. The van der Waals surface area contributed by atoms with Gasteiger partial charge < -0.3 is 14.2 Å². The lowest BCUT2D eigenvalue weighted by molar-refractivity contribution is -0.167. The van der Waals surface area contributed by atoms with Crippen LogP contribution in [0, 0.1) is 0 Å². The molecule has 1 unspecified atom stereocenters. The van der Waals surface area contributed by atoms with Crippen LogP contribution in [0.4, 0.5) is 0 Å². The summed E-state index contributed by atoms with van der Waals surface area (Å²) in [7, 11) is 0. The molecule has 0 N–H and O–H groups in total. The van der Waals surface area contributed by atoms with Crippen LogP contribution in [0.1, 0.15) is 342 Å². The molecule has 0 bridgehead atoms. The summed E-state index contributed by atoms with van der Waals surface area (Å²) in [5.74, 6) is -0.875. The number of rotatable bonds is 64. The number of hydrogen-bond acceptors (Lipinski definition) is 6. The molecule has 0 amide bonds. The van der Waals surface area contributed by atoms with Crippen LogP contribution in [0.5, 0.6) is 0 Å². The van der Waals surface area contributed by atoms with E-state index in [1.807, 2.05) is 0 Å². The number of carbonyl (C=O) groups excluding carboxylic acids is 3. The van der Waals surface area contributed by atoms with Crippen LogP contribution < -0.4 is 0 Å². The average molecular weight is 1150 g/mol. The summed E-state index contributed by atoms with van der Waals surface area (Å²) in [6.07, 6.45) is 97.5. The molecule has 0 heterocycles. The van der Waals surface area contributed by atoms with Gasteiger partial charge in [-0.25, -0.2) is 0 Å². The summed E-state index contributed by atoms with van der Waals surface area (Å²) >= 11 is 0. The molecule has 0 aromatic carbocycles. The molecule has 0 rings (SSSR count). The van der Waals surface area contributed by atoms with E-state index in [1.165, 1.54) is 180 Å². The molecule has 0 radical (unpaired) electrons. The van der Waals surface area contributed by atoms with E-state index in [0.717, 1.165) is 122 Å². The summed E-state index contributed by atoms with van der Waals surface area (Å²) in [4.78, 5) is 38.0. The molecule has 0 spiro atoms. The normalized spacial score (nSPS) is 12.8. The Balaban J connectivity index is 3.96. The van der Waals surface area contributed by atoms with E-state index < -0.39 is 6.10 Å². The summed E-state index contributed by atoms with van der Waals surface area (Å²) in [5.41, 5.74) is 0. The van der Waals surface area contributed by atoms with Gasteiger partial charge in [0.25, 0.3) is 0 Å². The van der Waals surface area contributed by atoms with Gasteiger partial charge in [0.15, 0.2) is 6.10 Å². The van der Waals surface area contributed by atoms with Gasteiger partial charge >= 0.3 is 17.9 Å². The quantitative estimate of drug-likeness (QED) is 0.0261. The van der Waals surface area contributed by atoms with Gasteiger partial charge in [0, 0.05) is 19.3 Å². The number of esters is 3. The highest BCUT2D eigenvalue weighted by atomic mass is 16.6. The van der Waals surface area contributed by atoms with Gasteiger partial charge in [-0.1, -0.05) is 329 Å². The average Bonchev–Trinajstić information content (AvgIpc) is 3.49. The Morgan fingerprint density at radius 2 is 0.470 bits per heavy atom. The van der Waals surface area contributed by atoms with Gasteiger partial charge in [0.05, 0.1) is 0 Å². The predicted molar refractivity (Wildman–Crippen MR) is 362 cm³/mol. The van der Waals surface area contributed by atoms with Crippen LogP contribution in [-0.2, 0) is 28.6 Å². The number of hydrogen-bond donors (Lipinski definition) is 0. The van der Waals surface area contributed by atoms with Gasteiger partial charge in [0.1, 0.15) is 13.2 Å². The zero-order valence-electron chi connectivity index (χ0n) is 54.7. The summed E-state index contributed by atoms with van der Waals surface area (Å²) in [6.45, 7) is 6.37. The first-order chi connectivity index (χ1) is 41.0. The standard InChI is InChI=1S/C77H132O6/c1-4-7-10-13-15-17-19-21-23-25-27-29-31-33-35-37-38-40-41-43-45-47-49-51-53-55-57-59-61-64-67-70-76(79)82-73-74(72-81-75(78)69-66-63-12-9-6-3)83-77(80)71-68-65-62-60-58-56-54-52-50-48-46-44-42-39-36-34-32-30-28-26-24-22-20-18-16-14-11-8-5-2/h7-8,10-11,15-18,21-24,27-30,33,35,74H,4-6,9,12-14,19-20,25-26,31-32,34,36-73H2,1-3H3/b10-7-,11-8-,17-15-,18-16-,23-21-,24-22-,29-27-,30-28-,35-33-. The van der Waals surface area contributed by atoms with Crippen LogP contribution in [0.25, 0.3) is 0 Å². The zero-order valence-corrected chi connectivity index (χ0v) is 54.7. The monoisotopic (exact) mass is 1150 g/mol. The van der Waals surface area contributed by atoms with Crippen molar-refractivity contribution in [3.63, 3.8) is 0 Å². The highest BCUT2D eigenvalue weighted by Gasteiger charge is 2.19. The van der Waals surface area contributed by atoms with E-state index in [9.17, 15) is 14.4 Å². The molecular weight excluding hydrogens is 1020 g/mol. The Morgan fingerprint density at radius 3 is 0.735 bits per heavy atom. The van der Waals surface area contributed by atoms with Crippen molar-refractivity contribution in [2.24, 2.45) is 0 Å². The van der Waals surface area contributed by atoms with Crippen LogP contribution >= 0.6 is 0 Å². The van der Waals surface area contributed by atoms with Gasteiger partial charge in [0.2, 0.25) is 0 Å². The summed E-state index contributed by atoms with van der Waals surface area (Å²) in [5, 5.41) is 0. The van der Waals surface area contributed by atoms with E-state index in [1.54, 1.807) is 0 Å². The number of unbranched alkanes of at least 4 members (excludes halogenated alkanes) is 35. The van der Waals surface area contributed by atoms with Crippen molar-refractivity contribution in [3.8, 4) is 0 Å². The van der Waals surface area contributed by atoms with Gasteiger partial charge in [-0.2, -0.15) is 0 Å². The fourth-order valence-corrected chi connectivity index (χ4v) is 10.1. The number of allylic oxidation sites excluding steroid dienone is 18. The summed E-state index contributed by atoms with van der Waals surface area (Å²) < 4.78 is 16.8. The lowest BCUT2D eigenvalue weighted by Gasteiger charge is -2.18. The van der Waals surface area contributed by atoms with Crippen molar-refractivity contribution >= 4 is 17.9 Å². The van der Waals surface area contributed by atoms with Crippen LogP contribution in [-0.4, -0.2) is 37.2 Å². The second-order valence-electron chi connectivity index (χ2n) is 23.4. The van der Waals surface area contributed by atoms with Crippen LogP contribution in [0.2, 0.25) is 0 Å². The largest absolute Gasteiger partial charge is 0.462 e. The van der Waals surface area contributed by atoms with Crippen molar-refractivity contribution < 1.29 is 28.6 Å². The Kier molecular flexibility index (Phi) is 67.2. The molecule has 0 aliphatic carbocycles. The maximum atomic E-state index is 12.9. The number of ether oxygens (including phenoxy) is 3.